The van der Waals surface area contributed by atoms with E-state index in [4.69, 9.17) is 4.74 Å². The predicted molar refractivity (Wildman–Crippen MR) is 170 cm³/mol. The summed E-state index contributed by atoms with van der Waals surface area (Å²) in [5.41, 5.74) is 1.85. The molecule has 0 heterocycles. The fraction of sp³-hybridized carbons (Fsp3) is 0.417. The minimum atomic E-state index is -1.39. The fourth-order valence-electron chi connectivity index (χ4n) is 8.37. The third-order valence-electron chi connectivity index (χ3n) is 10.3. The number of hydrogen-bond donors (Lipinski definition) is 0. The van der Waals surface area contributed by atoms with Gasteiger partial charge in [0.25, 0.3) is 0 Å². The Morgan fingerprint density at radius 1 is 1.09 bits per heavy atom. The zero-order valence-corrected chi connectivity index (χ0v) is 26.5. The molecule has 2 fully saturated rings. The first kappa shape index (κ1) is 30.2. The molecule has 4 aliphatic carbocycles. The van der Waals surface area contributed by atoms with Crippen LogP contribution in [0.15, 0.2) is 106 Å². The van der Waals surface area contributed by atoms with Crippen molar-refractivity contribution >= 4 is 40.5 Å². The van der Waals surface area contributed by atoms with E-state index in [-0.39, 0.29) is 51.3 Å². The highest BCUT2D eigenvalue weighted by molar-refractivity contribution is 8.13. The third kappa shape index (κ3) is 5.49. The number of thioether (sulfide) groups is 1. The molecule has 0 saturated heterocycles. The number of ether oxygens (including phenoxy) is 1. The molecular weight excluding hydrogens is 577 g/mol. The normalized spacial score (nSPS) is 32.4. The molecule has 0 aromatic heterocycles. The van der Waals surface area contributed by atoms with Crippen LogP contribution in [0.1, 0.15) is 46.5 Å². The van der Waals surface area contributed by atoms with E-state index < -0.39 is 23.1 Å². The summed E-state index contributed by atoms with van der Waals surface area (Å²) in [6.45, 7) is 5.51. The van der Waals surface area contributed by atoms with Crippen LogP contribution >= 0.6 is 11.8 Å². The second-order valence-corrected chi connectivity index (χ2v) is 15.8. The van der Waals surface area contributed by atoms with E-state index in [0.29, 0.717) is 6.42 Å². The first-order chi connectivity index (χ1) is 20.6. The number of ketones is 2. The molecule has 0 bridgehead atoms. The standard InChI is InChI=1S/C36H38O5S2/c1-23(37)41-22-32(39)33-29(34(42-26-10-6-4-7-11-26)43(40)27-12-8-5-9-13-27)21-31-28-15-14-24-20-25(38)16-18-35(24,2)30(28)17-19-36(31,33)3/h4-13,16-18,20,28-29,31,33-34H,14-15,19,21-22H2,1-3H3/t28-,29+,31+,33-,34?,35+,36+,43?/m1/s1. The van der Waals surface area contributed by atoms with Gasteiger partial charge < -0.3 is 9.29 Å². The van der Waals surface area contributed by atoms with Crippen molar-refractivity contribution in [1.82, 2.24) is 0 Å². The lowest BCUT2D eigenvalue weighted by molar-refractivity contribution is -0.148. The molecule has 8 atom stereocenters. The minimum Gasteiger partial charge on any atom is -0.611 e. The van der Waals surface area contributed by atoms with Gasteiger partial charge in [-0.1, -0.05) is 78.4 Å². The number of esters is 1. The molecule has 0 N–H and O–H groups in total. The Bertz CT molecular complexity index is 1500. The van der Waals surface area contributed by atoms with Crippen LogP contribution in [0, 0.1) is 34.5 Å². The molecule has 43 heavy (non-hydrogen) atoms. The molecule has 6 rings (SSSR count). The monoisotopic (exact) mass is 614 g/mol. The SMILES string of the molecule is CC(=O)OCC(=O)[C@H]1[C@@H](C(Sc2ccccc2)[S+]([O-])c2ccccc2)C[C@H]2[C@@H]3CCC4=CC(=O)C=C[C@]4(C)C3=CC[C@@]21C. The van der Waals surface area contributed by atoms with Crippen LogP contribution in [0.5, 0.6) is 0 Å². The molecular formula is C36H38O5S2. The second-order valence-electron chi connectivity index (χ2n) is 12.8. The maximum Gasteiger partial charge on any atom is 0.303 e. The van der Waals surface area contributed by atoms with E-state index in [1.54, 1.807) is 17.8 Å². The second kappa shape index (κ2) is 11.9. The quantitative estimate of drug-likeness (QED) is 0.136. The number of rotatable bonds is 8. The Kier molecular flexibility index (Phi) is 8.35. The van der Waals surface area contributed by atoms with Crippen molar-refractivity contribution in [3.8, 4) is 0 Å². The van der Waals surface area contributed by atoms with Crippen molar-refractivity contribution in [2.75, 3.05) is 6.61 Å². The van der Waals surface area contributed by atoms with Gasteiger partial charge in [-0.05, 0) is 97.5 Å². The maximum absolute atomic E-state index is 14.5. The van der Waals surface area contributed by atoms with Gasteiger partial charge in [0.15, 0.2) is 21.0 Å². The molecule has 0 amide bonds. The van der Waals surface area contributed by atoms with E-state index in [0.717, 1.165) is 29.1 Å². The average molecular weight is 615 g/mol. The zero-order chi connectivity index (χ0) is 30.4. The van der Waals surface area contributed by atoms with Gasteiger partial charge in [-0.2, -0.15) is 0 Å². The van der Waals surface area contributed by atoms with E-state index in [1.807, 2.05) is 66.7 Å². The highest BCUT2D eigenvalue weighted by Crippen LogP contribution is 2.67. The number of carbonyl (C=O) groups excluding carboxylic acids is 3. The fourth-order valence-corrected chi connectivity index (χ4v) is 11.7. The zero-order valence-electron chi connectivity index (χ0n) is 24.9. The number of Topliss-reactive ketones (excluding diaryl/α,β-unsaturated/α-hetero) is 1. The Balaban J connectivity index is 1.42. The van der Waals surface area contributed by atoms with Crippen molar-refractivity contribution in [2.45, 2.75) is 60.8 Å². The molecule has 2 aromatic carbocycles. The summed E-state index contributed by atoms with van der Waals surface area (Å²) < 4.78 is 19.4. The van der Waals surface area contributed by atoms with Gasteiger partial charge in [0, 0.05) is 29.1 Å². The largest absolute Gasteiger partial charge is 0.611 e. The first-order valence-corrected chi connectivity index (χ1v) is 17.2. The van der Waals surface area contributed by atoms with Gasteiger partial charge >= 0.3 is 5.97 Å². The Morgan fingerprint density at radius 2 is 1.79 bits per heavy atom. The molecule has 2 unspecified atom stereocenters. The number of allylic oxidation sites excluding steroid dienone is 6. The predicted octanol–water partition coefficient (Wildman–Crippen LogP) is 7.12. The molecule has 2 aromatic rings. The van der Waals surface area contributed by atoms with Gasteiger partial charge in [-0.3, -0.25) is 14.4 Å². The van der Waals surface area contributed by atoms with Gasteiger partial charge in [-0.15, -0.1) is 0 Å². The van der Waals surface area contributed by atoms with E-state index in [1.165, 1.54) is 18.1 Å². The van der Waals surface area contributed by atoms with Crippen molar-refractivity contribution in [2.24, 2.45) is 34.5 Å². The smallest absolute Gasteiger partial charge is 0.303 e. The Morgan fingerprint density at radius 3 is 2.49 bits per heavy atom. The van der Waals surface area contributed by atoms with E-state index >= 15 is 0 Å². The van der Waals surface area contributed by atoms with Gasteiger partial charge in [0.1, 0.15) is 6.61 Å². The topological polar surface area (TPSA) is 83.5 Å². The average Bonchev–Trinajstić information content (AvgIpc) is 3.32. The van der Waals surface area contributed by atoms with Crippen LogP contribution in [0.4, 0.5) is 0 Å². The van der Waals surface area contributed by atoms with Gasteiger partial charge in [0.05, 0.1) is 0 Å². The number of hydrogen-bond acceptors (Lipinski definition) is 6. The lowest BCUT2D eigenvalue weighted by atomic mass is 9.52. The van der Waals surface area contributed by atoms with Crippen molar-refractivity contribution < 1.29 is 23.7 Å². The van der Waals surface area contributed by atoms with Crippen molar-refractivity contribution in [3.05, 3.63) is 96.1 Å². The molecule has 0 spiro atoms. The summed E-state index contributed by atoms with van der Waals surface area (Å²) in [4.78, 5) is 39.9. The number of benzene rings is 2. The highest BCUT2D eigenvalue weighted by atomic mass is 32.3. The lowest BCUT2D eigenvalue weighted by Crippen LogP contribution is -2.46. The van der Waals surface area contributed by atoms with Crippen LogP contribution in [0.2, 0.25) is 0 Å². The van der Waals surface area contributed by atoms with Crippen LogP contribution < -0.4 is 0 Å². The van der Waals surface area contributed by atoms with Gasteiger partial charge in [0.2, 0.25) is 0 Å². The van der Waals surface area contributed by atoms with Crippen molar-refractivity contribution in [1.29, 1.82) is 0 Å². The summed E-state index contributed by atoms with van der Waals surface area (Å²) in [6.07, 6.45) is 11.1. The highest BCUT2D eigenvalue weighted by Gasteiger charge is 2.63. The Labute approximate surface area is 261 Å². The summed E-state index contributed by atoms with van der Waals surface area (Å²) in [7, 11) is 0. The van der Waals surface area contributed by atoms with Crippen molar-refractivity contribution in [3.63, 3.8) is 0 Å². The van der Waals surface area contributed by atoms with E-state index in [2.05, 4.69) is 26.0 Å². The molecule has 7 heteroatoms. The molecule has 2 saturated carbocycles. The van der Waals surface area contributed by atoms with Crippen LogP contribution in [0.25, 0.3) is 0 Å². The van der Waals surface area contributed by atoms with Crippen LogP contribution in [0.3, 0.4) is 0 Å². The molecule has 0 aliphatic heterocycles. The lowest BCUT2D eigenvalue weighted by Gasteiger charge is -2.52. The summed E-state index contributed by atoms with van der Waals surface area (Å²) in [5, 5.41) is 0. The van der Waals surface area contributed by atoms with Gasteiger partial charge in [-0.25, -0.2) is 0 Å². The number of fused-ring (bicyclic) bond motifs is 5. The summed E-state index contributed by atoms with van der Waals surface area (Å²) in [6, 6.07) is 19.5. The number of carbonyl (C=O) groups is 3. The maximum atomic E-state index is 14.5. The minimum absolute atomic E-state index is 0.0494. The summed E-state index contributed by atoms with van der Waals surface area (Å²) >= 11 is 0.197. The summed E-state index contributed by atoms with van der Waals surface area (Å²) in [5.74, 6) is -0.677. The van der Waals surface area contributed by atoms with Crippen LogP contribution in [-0.2, 0) is 30.3 Å². The molecule has 4 aliphatic rings. The Hall–Kier alpha value is -2.87. The van der Waals surface area contributed by atoms with E-state index in [9.17, 15) is 18.9 Å². The van der Waals surface area contributed by atoms with Crippen LogP contribution in [-0.4, -0.2) is 33.3 Å². The third-order valence-corrected chi connectivity index (χ3v) is 13.8. The first-order valence-electron chi connectivity index (χ1n) is 15.1. The molecule has 0 radical (unpaired) electrons. The molecule has 5 nitrogen and oxygen atoms in total. The molecule has 224 valence electrons.